The van der Waals surface area contributed by atoms with Crippen molar-refractivity contribution in [2.45, 2.75) is 0 Å². The van der Waals surface area contributed by atoms with Gasteiger partial charge in [0.1, 0.15) is 11.3 Å². The van der Waals surface area contributed by atoms with Crippen LogP contribution in [-0.4, -0.2) is 33.8 Å². The van der Waals surface area contributed by atoms with Gasteiger partial charge in [0.15, 0.2) is 0 Å². The summed E-state index contributed by atoms with van der Waals surface area (Å²) in [5.41, 5.74) is 8.89. The van der Waals surface area contributed by atoms with Crippen molar-refractivity contribution in [1.82, 2.24) is 10.2 Å². The number of hydrogen-bond acceptors (Lipinski definition) is 8. The molecule has 4 N–H and O–H groups in total. The maximum atomic E-state index is 10.5. The minimum Gasteiger partial charge on any atom is -0.465 e. The summed E-state index contributed by atoms with van der Waals surface area (Å²) in [7, 11) is -1.66. The van der Waals surface area contributed by atoms with Gasteiger partial charge in [0.2, 0.25) is 0 Å². The molecule has 2 heterocycles. The van der Waals surface area contributed by atoms with E-state index in [1.807, 2.05) is 6.07 Å². The van der Waals surface area contributed by atoms with Crippen LogP contribution in [0, 0.1) is 0 Å². The average Bonchev–Trinajstić information content (AvgIpc) is 3.11. The number of nitrogens with zero attached hydrogens (tertiary/aromatic N) is 2. The summed E-state index contributed by atoms with van der Waals surface area (Å²) < 4.78 is 10.0. The zero-order valence-electron chi connectivity index (χ0n) is 13.3. The third-order valence-electron chi connectivity index (χ3n) is 4.12. The number of furan rings is 1. The van der Waals surface area contributed by atoms with E-state index in [1.54, 1.807) is 30.3 Å². The summed E-state index contributed by atoms with van der Waals surface area (Å²) in [6.07, 6.45) is 1.49. The molecule has 0 saturated heterocycles. The molecule has 8 nitrogen and oxygen atoms in total. The maximum Gasteiger partial charge on any atom is 0.492 e. The van der Waals surface area contributed by atoms with Gasteiger partial charge in [-0.1, -0.05) is 12.1 Å². The molecule has 0 fully saturated rings. The van der Waals surface area contributed by atoms with Gasteiger partial charge in [-0.3, -0.25) is 4.79 Å². The lowest BCUT2D eigenvalue weighted by molar-refractivity contribution is -0.120. The summed E-state index contributed by atoms with van der Waals surface area (Å²) in [6.45, 7) is 0.239. The smallest absolute Gasteiger partial charge is 0.465 e. The molecule has 9 heteroatoms. The number of benzene rings is 2. The van der Waals surface area contributed by atoms with Gasteiger partial charge < -0.3 is 24.9 Å². The largest absolute Gasteiger partial charge is 0.492 e. The second-order valence-corrected chi connectivity index (χ2v) is 5.64. The molecule has 4 aromatic rings. The highest BCUT2D eigenvalue weighted by Crippen LogP contribution is 2.31. The van der Waals surface area contributed by atoms with Crippen LogP contribution in [0.3, 0.4) is 0 Å². The van der Waals surface area contributed by atoms with Crippen LogP contribution in [0.2, 0.25) is 0 Å². The predicted octanol–water partition coefficient (Wildman–Crippen LogP) is 0.840. The van der Waals surface area contributed by atoms with Crippen molar-refractivity contribution in [2.24, 2.45) is 0 Å². The summed E-state index contributed by atoms with van der Waals surface area (Å²) in [5.74, 6) is -0.0502. The lowest BCUT2D eigenvalue weighted by Gasteiger charge is -2.09. The first-order valence-electron chi connectivity index (χ1n) is 7.62. The number of aromatic nitrogens is 2. The maximum absolute atomic E-state index is 10.5. The van der Waals surface area contributed by atoms with Gasteiger partial charge in [-0.2, -0.15) is 0 Å². The molecule has 0 atom stereocenters. The number of hydrogen-bond donors (Lipinski definition) is 3. The highest BCUT2D eigenvalue weighted by molar-refractivity contribution is 6.61. The molecular formula is C17H12BN3O5. The number of anilines is 1. The summed E-state index contributed by atoms with van der Waals surface area (Å²) in [4.78, 5) is 10.5. The molecule has 0 radical (unpaired) electrons. The van der Waals surface area contributed by atoms with E-state index in [-0.39, 0.29) is 23.5 Å². The molecule has 0 amide bonds. The number of ether oxygens (including phenoxy) is 1. The molecular weight excluding hydrogens is 337 g/mol. The normalized spacial score (nSPS) is 11.0. The van der Waals surface area contributed by atoms with Crippen molar-refractivity contribution in [2.75, 3.05) is 5.73 Å². The van der Waals surface area contributed by atoms with E-state index in [2.05, 4.69) is 10.2 Å². The Kier molecular flexibility index (Phi) is 3.79. The SMILES string of the molecule is Nc1c(OC=O)nnc2cc(-c3cc(B(O)O)c4occc4c3)ccc12. The standard InChI is InChI=1S/C17H12BN3O5/c19-15-12-2-1-9(7-14(12)20-21-17(15)26-8-22)11-5-10-3-4-25-16(10)13(6-11)18(23)24/h1-8,23-24H,(H2,19,20). The first-order chi connectivity index (χ1) is 12.6. The zero-order valence-corrected chi connectivity index (χ0v) is 13.3. The third kappa shape index (κ3) is 2.55. The number of nitrogens with two attached hydrogens (primary N) is 1. The lowest BCUT2D eigenvalue weighted by atomic mass is 9.78. The number of fused-ring (bicyclic) bond motifs is 2. The second-order valence-electron chi connectivity index (χ2n) is 5.64. The van der Waals surface area contributed by atoms with Crippen LogP contribution in [0.4, 0.5) is 5.69 Å². The molecule has 26 heavy (non-hydrogen) atoms. The number of carbonyl (C=O) groups is 1. The van der Waals surface area contributed by atoms with Gasteiger partial charge in [0, 0.05) is 16.2 Å². The molecule has 0 aliphatic heterocycles. The molecule has 4 rings (SSSR count). The molecule has 128 valence electrons. The van der Waals surface area contributed by atoms with Crippen molar-refractivity contribution >= 4 is 46.6 Å². The number of rotatable bonds is 4. The van der Waals surface area contributed by atoms with Gasteiger partial charge in [0.25, 0.3) is 12.4 Å². The highest BCUT2D eigenvalue weighted by atomic mass is 16.5. The quantitative estimate of drug-likeness (QED) is 0.365. The van der Waals surface area contributed by atoms with E-state index in [1.165, 1.54) is 6.26 Å². The molecule has 2 aromatic heterocycles. The monoisotopic (exact) mass is 349 g/mol. The molecule has 0 saturated carbocycles. The zero-order chi connectivity index (χ0) is 18.3. The first kappa shape index (κ1) is 16.1. The number of carbonyl (C=O) groups excluding carboxylic acids is 1. The Hall–Kier alpha value is -3.43. The summed E-state index contributed by atoms with van der Waals surface area (Å²) in [6, 6.07) is 10.6. The summed E-state index contributed by atoms with van der Waals surface area (Å²) >= 11 is 0. The van der Waals surface area contributed by atoms with Crippen LogP contribution in [0.5, 0.6) is 5.88 Å². The fourth-order valence-electron chi connectivity index (χ4n) is 2.89. The third-order valence-corrected chi connectivity index (χ3v) is 4.12. The second kappa shape index (κ2) is 6.14. The van der Waals surface area contributed by atoms with Crippen molar-refractivity contribution in [1.29, 1.82) is 0 Å². The van der Waals surface area contributed by atoms with E-state index in [0.717, 1.165) is 16.5 Å². The van der Waals surface area contributed by atoms with Gasteiger partial charge in [-0.15, -0.1) is 10.2 Å². The van der Waals surface area contributed by atoms with Gasteiger partial charge in [-0.05, 0) is 35.4 Å². The Morgan fingerprint density at radius 2 is 1.96 bits per heavy atom. The van der Waals surface area contributed by atoms with E-state index in [9.17, 15) is 14.8 Å². The Morgan fingerprint density at radius 1 is 1.12 bits per heavy atom. The minimum absolute atomic E-state index is 0.0502. The van der Waals surface area contributed by atoms with Crippen molar-refractivity contribution < 1.29 is 24.0 Å². The molecule has 0 aliphatic rings. The van der Waals surface area contributed by atoms with E-state index in [0.29, 0.717) is 16.5 Å². The first-order valence-corrected chi connectivity index (χ1v) is 7.62. The Balaban J connectivity index is 1.88. The highest BCUT2D eigenvalue weighted by Gasteiger charge is 2.19. The van der Waals surface area contributed by atoms with Crippen LogP contribution in [0.15, 0.2) is 47.1 Å². The minimum atomic E-state index is -1.66. The summed E-state index contributed by atoms with van der Waals surface area (Å²) in [5, 5.41) is 28.4. The molecule has 0 unspecified atom stereocenters. The van der Waals surface area contributed by atoms with Crippen molar-refractivity contribution in [3.8, 4) is 17.0 Å². The lowest BCUT2D eigenvalue weighted by Crippen LogP contribution is -2.30. The molecule has 0 aliphatic carbocycles. The Labute approximate surface area is 147 Å². The topological polar surface area (TPSA) is 132 Å². The number of nitrogen functional groups attached to an aromatic ring is 1. The van der Waals surface area contributed by atoms with Crippen LogP contribution in [0.25, 0.3) is 33.0 Å². The molecule has 0 bridgehead atoms. The van der Waals surface area contributed by atoms with E-state index >= 15 is 0 Å². The average molecular weight is 349 g/mol. The fourth-order valence-corrected chi connectivity index (χ4v) is 2.89. The van der Waals surface area contributed by atoms with Crippen molar-refractivity contribution in [3.05, 3.63) is 42.7 Å². The van der Waals surface area contributed by atoms with Crippen LogP contribution in [0.1, 0.15) is 0 Å². The molecule has 2 aromatic carbocycles. The van der Waals surface area contributed by atoms with Gasteiger partial charge in [-0.25, -0.2) is 0 Å². The van der Waals surface area contributed by atoms with Crippen molar-refractivity contribution in [3.63, 3.8) is 0 Å². The Morgan fingerprint density at radius 3 is 2.73 bits per heavy atom. The fraction of sp³-hybridized carbons (Fsp3) is 0. The van der Waals surface area contributed by atoms with Gasteiger partial charge in [0.05, 0.1) is 11.8 Å². The van der Waals surface area contributed by atoms with E-state index in [4.69, 9.17) is 14.9 Å². The molecule has 0 spiro atoms. The van der Waals surface area contributed by atoms with E-state index < -0.39 is 7.12 Å². The Bertz CT molecular complexity index is 1140. The van der Waals surface area contributed by atoms with Gasteiger partial charge >= 0.3 is 7.12 Å². The van der Waals surface area contributed by atoms with Crippen LogP contribution >= 0.6 is 0 Å². The van der Waals surface area contributed by atoms with Crippen LogP contribution < -0.4 is 15.9 Å². The predicted molar refractivity (Wildman–Crippen MR) is 95.7 cm³/mol. The van der Waals surface area contributed by atoms with Crippen LogP contribution in [-0.2, 0) is 4.79 Å².